The van der Waals surface area contributed by atoms with Gasteiger partial charge in [-0.15, -0.1) is 16.7 Å². The van der Waals surface area contributed by atoms with Gasteiger partial charge >= 0.3 is 0 Å². The van der Waals surface area contributed by atoms with Crippen molar-refractivity contribution in [3.8, 4) is 5.75 Å². The molecule has 0 saturated carbocycles. The standard InChI is InChI=1S/C14H19ClN4O/c1-5-11(15)13-8-19(18-17-13)7-12-10(3)14(20-4)9(2)6-16-12/h6,8,11H,5,7H2,1-4H3. The molecule has 0 bridgehead atoms. The van der Waals surface area contributed by atoms with Crippen molar-refractivity contribution < 1.29 is 4.74 Å². The van der Waals surface area contributed by atoms with Gasteiger partial charge < -0.3 is 4.74 Å². The Bertz CT molecular complexity index is 597. The summed E-state index contributed by atoms with van der Waals surface area (Å²) in [5.74, 6) is 0.874. The summed E-state index contributed by atoms with van der Waals surface area (Å²) < 4.78 is 7.16. The highest BCUT2D eigenvalue weighted by molar-refractivity contribution is 6.20. The first-order valence-electron chi connectivity index (χ1n) is 6.60. The second kappa shape index (κ2) is 6.22. The Kier molecular flexibility index (Phi) is 4.60. The van der Waals surface area contributed by atoms with Gasteiger partial charge in [0.1, 0.15) is 11.4 Å². The minimum absolute atomic E-state index is 0.0923. The molecule has 0 N–H and O–H groups in total. The highest BCUT2D eigenvalue weighted by atomic mass is 35.5. The van der Waals surface area contributed by atoms with Gasteiger partial charge in [-0.05, 0) is 20.3 Å². The highest BCUT2D eigenvalue weighted by Crippen LogP contribution is 2.25. The number of hydrogen-bond donors (Lipinski definition) is 0. The molecule has 2 rings (SSSR count). The van der Waals surface area contributed by atoms with Crippen LogP contribution in [-0.2, 0) is 6.54 Å². The molecule has 1 unspecified atom stereocenters. The molecule has 2 aromatic rings. The second-order valence-corrected chi connectivity index (χ2v) is 5.29. The lowest BCUT2D eigenvalue weighted by atomic mass is 10.1. The van der Waals surface area contributed by atoms with Crippen LogP contribution in [0.4, 0.5) is 0 Å². The number of alkyl halides is 1. The summed E-state index contributed by atoms with van der Waals surface area (Å²) in [4.78, 5) is 4.45. The molecule has 0 aliphatic heterocycles. The number of rotatable bonds is 5. The molecule has 0 amide bonds. The largest absolute Gasteiger partial charge is 0.496 e. The van der Waals surface area contributed by atoms with Gasteiger partial charge in [0.2, 0.25) is 0 Å². The van der Waals surface area contributed by atoms with Crippen molar-refractivity contribution >= 4 is 11.6 Å². The molecule has 108 valence electrons. The summed E-state index contributed by atoms with van der Waals surface area (Å²) in [6.45, 7) is 6.56. The van der Waals surface area contributed by atoms with E-state index in [-0.39, 0.29) is 5.38 Å². The van der Waals surface area contributed by atoms with Crippen LogP contribution >= 0.6 is 11.6 Å². The van der Waals surface area contributed by atoms with Crippen molar-refractivity contribution in [1.29, 1.82) is 0 Å². The molecule has 0 spiro atoms. The monoisotopic (exact) mass is 294 g/mol. The molecule has 0 saturated heterocycles. The van der Waals surface area contributed by atoms with E-state index in [1.165, 1.54) is 0 Å². The Morgan fingerprint density at radius 2 is 2.15 bits per heavy atom. The molecule has 0 aliphatic carbocycles. The van der Waals surface area contributed by atoms with Crippen molar-refractivity contribution in [1.82, 2.24) is 20.0 Å². The summed E-state index contributed by atoms with van der Waals surface area (Å²) in [5, 5.41) is 8.10. The minimum atomic E-state index is -0.0923. The Morgan fingerprint density at radius 3 is 2.80 bits per heavy atom. The summed E-state index contributed by atoms with van der Waals surface area (Å²) in [7, 11) is 1.67. The number of nitrogens with zero attached hydrogens (tertiary/aromatic N) is 4. The normalized spacial score (nSPS) is 12.4. The van der Waals surface area contributed by atoms with E-state index in [4.69, 9.17) is 16.3 Å². The zero-order chi connectivity index (χ0) is 14.7. The summed E-state index contributed by atoms with van der Waals surface area (Å²) >= 11 is 6.16. The Hall–Kier alpha value is -1.62. The van der Waals surface area contributed by atoms with Crippen LogP contribution in [-0.4, -0.2) is 27.1 Å². The maximum atomic E-state index is 6.16. The molecule has 0 aromatic carbocycles. The molecule has 1 atom stereocenters. The third-order valence-corrected chi connectivity index (χ3v) is 3.83. The number of halogens is 1. The van der Waals surface area contributed by atoms with E-state index < -0.39 is 0 Å². The van der Waals surface area contributed by atoms with Crippen LogP contribution in [0, 0.1) is 13.8 Å². The molecule has 0 aliphatic rings. The Balaban J connectivity index is 2.24. The first kappa shape index (κ1) is 14.8. The molecule has 2 aromatic heterocycles. The number of ether oxygens (including phenoxy) is 1. The van der Waals surface area contributed by atoms with Gasteiger partial charge in [-0.1, -0.05) is 12.1 Å². The van der Waals surface area contributed by atoms with Crippen molar-refractivity contribution in [3.63, 3.8) is 0 Å². The van der Waals surface area contributed by atoms with Crippen LogP contribution in [0.3, 0.4) is 0 Å². The van der Waals surface area contributed by atoms with Gasteiger partial charge in [0.25, 0.3) is 0 Å². The van der Waals surface area contributed by atoms with Gasteiger partial charge in [-0.25, -0.2) is 4.68 Å². The van der Waals surface area contributed by atoms with E-state index in [0.29, 0.717) is 6.54 Å². The minimum Gasteiger partial charge on any atom is -0.496 e. The maximum Gasteiger partial charge on any atom is 0.128 e. The average Bonchev–Trinajstić information content (AvgIpc) is 2.90. The SMILES string of the molecule is CCC(Cl)c1cn(Cc2ncc(C)c(OC)c2C)nn1. The zero-order valence-electron chi connectivity index (χ0n) is 12.2. The van der Waals surface area contributed by atoms with Crippen molar-refractivity contribution in [2.24, 2.45) is 0 Å². The van der Waals surface area contributed by atoms with E-state index in [1.807, 2.05) is 33.2 Å². The fourth-order valence-electron chi connectivity index (χ4n) is 2.13. The lowest BCUT2D eigenvalue weighted by molar-refractivity contribution is 0.406. The molecule has 6 heteroatoms. The lowest BCUT2D eigenvalue weighted by Gasteiger charge is -2.11. The van der Waals surface area contributed by atoms with E-state index in [9.17, 15) is 0 Å². The first-order valence-corrected chi connectivity index (χ1v) is 7.03. The molecular formula is C14H19ClN4O. The van der Waals surface area contributed by atoms with E-state index >= 15 is 0 Å². The van der Waals surface area contributed by atoms with Crippen molar-refractivity contribution in [3.05, 3.63) is 34.9 Å². The van der Waals surface area contributed by atoms with Crippen LogP contribution < -0.4 is 4.74 Å². The molecule has 0 fully saturated rings. The van der Waals surface area contributed by atoms with Crippen molar-refractivity contribution in [2.75, 3.05) is 7.11 Å². The summed E-state index contributed by atoms with van der Waals surface area (Å²) in [6, 6.07) is 0. The number of methoxy groups -OCH3 is 1. The van der Waals surface area contributed by atoms with Gasteiger partial charge in [0.05, 0.1) is 30.9 Å². The van der Waals surface area contributed by atoms with Gasteiger partial charge in [-0.3, -0.25) is 4.98 Å². The van der Waals surface area contributed by atoms with Crippen LogP contribution in [0.25, 0.3) is 0 Å². The van der Waals surface area contributed by atoms with Crippen LogP contribution in [0.2, 0.25) is 0 Å². The number of hydrogen-bond acceptors (Lipinski definition) is 4. The van der Waals surface area contributed by atoms with E-state index in [1.54, 1.807) is 11.8 Å². The average molecular weight is 295 g/mol. The molecule has 5 nitrogen and oxygen atoms in total. The molecular weight excluding hydrogens is 276 g/mol. The van der Waals surface area contributed by atoms with E-state index in [2.05, 4.69) is 15.3 Å². The van der Waals surface area contributed by atoms with Crippen molar-refractivity contribution in [2.45, 2.75) is 39.1 Å². The smallest absolute Gasteiger partial charge is 0.128 e. The van der Waals surface area contributed by atoms with Crippen LogP contribution in [0.5, 0.6) is 5.75 Å². The van der Waals surface area contributed by atoms with Crippen LogP contribution in [0.15, 0.2) is 12.4 Å². The third kappa shape index (κ3) is 2.93. The molecule has 0 radical (unpaired) electrons. The first-order chi connectivity index (χ1) is 9.56. The van der Waals surface area contributed by atoms with Gasteiger partial charge in [0, 0.05) is 17.3 Å². The predicted molar refractivity (Wildman–Crippen MR) is 78.3 cm³/mol. The number of aryl methyl sites for hydroxylation is 1. The number of pyridine rings is 1. The Labute approximate surface area is 123 Å². The fraction of sp³-hybridized carbons (Fsp3) is 0.500. The zero-order valence-corrected chi connectivity index (χ0v) is 13.0. The topological polar surface area (TPSA) is 52.8 Å². The van der Waals surface area contributed by atoms with Gasteiger partial charge in [-0.2, -0.15) is 0 Å². The predicted octanol–water partition coefficient (Wildman–Crippen LogP) is 3.04. The third-order valence-electron chi connectivity index (χ3n) is 3.30. The second-order valence-electron chi connectivity index (χ2n) is 4.76. The maximum absolute atomic E-state index is 6.16. The highest BCUT2D eigenvalue weighted by Gasteiger charge is 2.13. The quantitative estimate of drug-likeness (QED) is 0.795. The molecule has 2 heterocycles. The van der Waals surface area contributed by atoms with E-state index in [0.717, 1.165) is 34.7 Å². The fourth-order valence-corrected chi connectivity index (χ4v) is 2.23. The summed E-state index contributed by atoms with van der Waals surface area (Å²) in [6.07, 6.45) is 4.51. The summed E-state index contributed by atoms with van der Waals surface area (Å²) in [5.41, 5.74) is 3.78. The Morgan fingerprint density at radius 1 is 1.40 bits per heavy atom. The molecule has 20 heavy (non-hydrogen) atoms. The lowest BCUT2D eigenvalue weighted by Crippen LogP contribution is -2.06. The van der Waals surface area contributed by atoms with Crippen LogP contribution in [0.1, 0.15) is 41.2 Å². The van der Waals surface area contributed by atoms with Gasteiger partial charge in [0.15, 0.2) is 0 Å². The number of aromatic nitrogens is 4.